The van der Waals surface area contributed by atoms with E-state index in [0.29, 0.717) is 10.6 Å². The van der Waals surface area contributed by atoms with Gasteiger partial charge in [0, 0.05) is 23.6 Å². The van der Waals surface area contributed by atoms with Crippen LogP contribution in [0.5, 0.6) is 5.75 Å². The van der Waals surface area contributed by atoms with Gasteiger partial charge < -0.3 is 15.2 Å². The van der Waals surface area contributed by atoms with Crippen LogP contribution >= 0.6 is 22.7 Å². The van der Waals surface area contributed by atoms with E-state index >= 15 is 0 Å². The topological polar surface area (TPSA) is 71.5 Å². The van der Waals surface area contributed by atoms with Crippen LogP contribution in [-0.2, 0) is 0 Å². The molecule has 9 heteroatoms. The molecular weight excluding hydrogens is 394 g/mol. The minimum absolute atomic E-state index is 0.0480. The summed E-state index contributed by atoms with van der Waals surface area (Å²) in [5, 5.41) is 17.2. The molecule has 0 aliphatic rings. The lowest BCUT2D eigenvalue weighted by molar-refractivity contribution is 0.0845. The molecule has 0 aliphatic carbocycles. The Morgan fingerprint density at radius 2 is 2.15 bits per heavy atom. The van der Waals surface area contributed by atoms with Crippen molar-refractivity contribution in [3.63, 3.8) is 0 Å². The number of nitrogens with one attached hydrogen (secondary N) is 1. The minimum atomic E-state index is -1.03. The van der Waals surface area contributed by atoms with Crippen molar-refractivity contribution in [3.8, 4) is 16.3 Å². The van der Waals surface area contributed by atoms with Gasteiger partial charge in [-0.1, -0.05) is 0 Å². The Morgan fingerprint density at radius 1 is 1.33 bits per heavy atom. The number of carbonyl (C=O) groups is 1. The van der Waals surface area contributed by atoms with Crippen molar-refractivity contribution in [2.75, 3.05) is 13.2 Å². The molecule has 2 aromatic heterocycles. The van der Waals surface area contributed by atoms with Gasteiger partial charge in [0.2, 0.25) is 0 Å². The van der Waals surface area contributed by atoms with Gasteiger partial charge in [0.1, 0.15) is 28.3 Å². The molecule has 0 spiro atoms. The number of aliphatic hydroxyl groups excluding tert-OH is 1. The number of hydrogen-bond donors (Lipinski definition) is 2. The lowest BCUT2D eigenvalue weighted by Gasteiger charge is -2.13. The van der Waals surface area contributed by atoms with Crippen LogP contribution in [0, 0.1) is 18.6 Å². The van der Waals surface area contributed by atoms with E-state index in [1.54, 1.807) is 18.3 Å². The first-order valence-electron chi connectivity index (χ1n) is 7.98. The fourth-order valence-corrected chi connectivity index (χ4v) is 3.92. The molecule has 27 heavy (non-hydrogen) atoms. The number of aromatic nitrogens is 1. The second-order valence-electron chi connectivity index (χ2n) is 5.70. The molecule has 1 atom stereocenters. The zero-order chi connectivity index (χ0) is 19.4. The smallest absolute Gasteiger partial charge is 0.263 e. The molecule has 5 nitrogen and oxygen atoms in total. The number of halogens is 2. The standard InChI is InChI=1S/C18H16F2N2O3S2/c1-10-16(27-18(22-10)11-4-5-26-9-11)17(24)21-7-12(23)8-25-13-2-3-14(19)15(20)6-13/h2-6,9,12,23H,7-8H2,1H3,(H,21,24). The lowest BCUT2D eigenvalue weighted by atomic mass is 10.3. The summed E-state index contributed by atoms with van der Waals surface area (Å²) in [5.74, 6) is -2.24. The number of benzene rings is 1. The highest BCUT2D eigenvalue weighted by Crippen LogP contribution is 2.29. The van der Waals surface area contributed by atoms with Crippen molar-refractivity contribution in [1.29, 1.82) is 0 Å². The first-order chi connectivity index (χ1) is 12.9. The van der Waals surface area contributed by atoms with Gasteiger partial charge in [0.25, 0.3) is 5.91 Å². The number of carbonyl (C=O) groups excluding carboxylic acids is 1. The number of aryl methyl sites for hydroxylation is 1. The summed E-state index contributed by atoms with van der Waals surface area (Å²) in [6, 6.07) is 5.03. The molecule has 3 aromatic rings. The zero-order valence-corrected chi connectivity index (χ0v) is 15.9. The van der Waals surface area contributed by atoms with Crippen LogP contribution in [0.3, 0.4) is 0 Å². The number of thiazole rings is 1. The third-order valence-electron chi connectivity index (χ3n) is 3.60. The van der Waals surface area contributed by atoms with Crippen LogP contribution in [0.15, 0.2) is 35.0 Å². The Labute approximate surface area is 162 Å². The average molecular weight is 410 g/mol. The molecule has 0 radical (unpaired) electrons. The summed E-state index contributed by atoms with van der Waals surface area (Å²) in [4.78, 5) is 17.2. The van der Waals surface area contributed by atoms with Gasteiger partial charge in [0.05, 0.1) is 5.69 Å². The molecule has 0 aliphatic heterocycles. The van der Waals surface area contributed by atoms with Gasteiger partial charge in [-0.05, 0) is 30.5 Å². The summed E-state index contributed by atoms with van der Waals surface area (Å²) in [7, 11) is 0. The first-order valence-corrected chi connectivity index (χ1v) is 9.74. The third kappa shape index (κ3) is 4.88. The third-order valence-corrected chi connectivity index (χ3v) is 5.49. The van der Waals surface area contributed by atoms with Crippen LogP contribution in [0.1, 0.15) is 15.4 Å². The predicted molar refractivity (Wildman–Crippen MR) is 100 cm³/mol. The van der Waals surface area contributed by atoms with Crippen LogP contribution in [0.2, 0.25) is 0 Å². The van der Waals surface area contributed by atoms with Gasteiger partial charge in [-0.2, -0.15) is 11.3 Å². The number of rotatable bonds is 7. The van der Waals surface area contributed by atoms with Crippen molar-refractivity contribution < 1.29 is 23.4 Å². The van der Waals surface area contributed by atoms with E-state index in [0.717, 1.165) is 22.7 Å². The van der Waals surface area contributed by atoms with E-state index in [2.05, 4.69) is 10.3 Å². The molecule has 2 N–H and O–H groups in total. The largest absolute Gasteiger partial charge is 0.491 e. The van der Waals surface area contributed by atoms with Gasteiger partial charge in [0.15, 0.2) is 11.6 Å². The Morgan fingerprint density at radius 3 is 2.85 bits per heavy atom. The van der Waals surface area contributed by atoms with Crippen molar-refractivity contribution in [3.05, 3.63) is 57.2 Å². The fourth-order valence-electron chi connectivity index (χ4n) is 2.23. The number of nitrogens with zero attached hydrogens (tertiary/aromatic N) is 1. The maximum Gasteiger partial charge on any atom is 0.263 e. The summed E-state index contributed by atoms with van der Waals surface area (Å²) in [5.41, 5.74) is 1.58. The van der Waals surface area contributed by atoms with Gasteiger partial charge in [-0.15, -0.1) is 11.3 Å². The molecule has 1 unspecified atom stereocenters. The Kier molecular flexibility index (Phi) is 6.15. The number of thiophene rings is 1. The van der Waals surface area contributed by atoms with Gasteiger partial charge in [-0.25, -0.2) is 13.8 Å². The summed E-state index contributed by atoms with van der Waals surface area (Å²) < 4.78 is 31.2. The summed E-state index contributed by atoms with van der Waals surface area (Å²) in [6.07, 6.45) is -1.01. The molecule has 0 saturated carbocycles. The van der Waals surface area contributed by atoms with Crippen molar-refractivity contribution >= 4 is 28.6 Å². The fraction of sp³-hybridized carbons (Fsp3) is 0.222. The molecule has 0 saturated heterocycles. The predicted octanol–water partition coefficient (Wildman–Crippen LogP) is 3.63. The lowest BCUT2D eigenvalue weighted by Crippen LogP contribution is -2.35. The van der Waals surface area contributed by atoms with Crippen molar-refractivity contribution in [2.45, 2.75) is 13.0 Å². The molecule has 3 rings (SSSR count). The number of hydrogen-bond acceptors (Lipinski definition) is 6. The Bertz CT molecular complexity index is 929. The molecule has 1 aromatic carbocycles. The second kappa shape index (κ2) is 8.55. The second-order valence-corrected chi connectivity index (χ2v) is 7.48. The van der Waals surface area contributed by atoms with E-state index in [4.69, 9.17) is 4.74 Å². The zero-order valence-electron chi connectivity index (χ0n) is 14.2. The number of ether oxygens (including phenoxy) is 1. The molecule has 0 fully saturated rings. The van der Waals surface area contributed by atoms with E-state index in [-0.39, 0.29) is 24.8 Å². The summed E-state index contributed by atoms with van der Waals surface area (Å²) in [6.45, 7) is 1.53. The number of amides is 1. The van der Waals surface area contributed by atoms with E-state index in [1.165, 1.54) is 17.4 Å². The SMILES string of the molecule is Cc1nc(-c2ccsc2)sc1C(=O)NCC(O)COc1ccc(F)c(F)c1. The van der Waals surface area contributed by atoms with E-state index < -0.39 is 17.7 Å². The average Bonchev–Trinajstić information content (AvgIpc) is 3.30. The normalized spacial score (nSPS) is 12.0. The molecule has 2 heterocycles. The minimum Gasteiger partial charge on any atom is -0.491 e. The molecule has 142 valence electrons. The van der Waals surface area contributed by atoms with E-state index in [9.17, 15) is 18.7 Å². The van der Waals surface area contributed by atoms with Gasteiger partial charge in [-0.3, -0.25) is 4.79 Å². The highest BCUT2D eigenvalue weighted by molar-refractivity contribution is 7.17. The Balaban J connectivity index is 1.52. The monoisotopic (exact) mass is 410 g/mol. The van der Waals surface area contributed by atoms with Crippen LogP contribution in [-0.4, -0.2) is 35.3 Å². The first kappa shape index (κ1) is 19.4. The van der Waals surface area contributed by atoms with Crippen LogP contribution < -0.4 is 10.1 Å². The molecule has 0 bridgehead atoms. The highest BCUT2D eigenvalue weighted by Gasteiger charge is 2.17. The maximum atomic E-state index is 13.1. The molecule has 1 amide bonds. The summed E-state index contributed by atoms with van der Waals surface area (Å²) >= 11 is 2.84. The van der Waals surface area contributed by atoms with Crippen molar-refractivity contribution in [1.82, 2.24) is 10.3 Å². The highest BCUT2D eigenvalue weighted by atomic mass is 32.1. The maximum absolute atomic E-state index is 13.1. The van der Waals surface area contributed by atoms with Crippen LogP contribution in [0.4, 0.5) is 8.78 Å². The van der Waals surface area contributed by atoms with Crippen LogP contribution in [0.25, 0.3) is 10.6 Å². The molecular formula is C18H16F2N2O3S2. The van der Waals surface area contributed by atoms with Gasteiger partial charge >= 0.3 is 0 Å². The Hall–Kier alpha value is -2.36. The quantitative estimate of drug-likeness (QED) is 0.624. The van der Waals surface area contributed by atoms with Crippen molar-refractivity contribution in [2.24, 2.45) is 0 Å². The number of aliphatic hydroxyl groups is 1. The van der Waals surface area contributed by atoms with E-state index in [1.807, 2.05) is 16.8 Å².